The first kappa shape index (κ1) is 20.8. The van der Waals surface area contributed by atoms with Crippen LogP contribution < -0.4 is 10.1 Å². The van der Waals surface area contributed by atoms with E-state index in [1.54, 1.807) is 26.2 Å². The molecule has 33 heavy (non-hydrogen) atoms. The molecule has 6 heteroatoms. The van der Waals surface area contributed by atoms with Gasteiger partial charge in [0.15, 0.2) is 5.54 Å². The SMILES string of the molecule is CCOC(=O)C1(c2cn(Cc3ccccc3)c3ccc(OC)cc23)NC(=O)c2ccccc21. The van der Waals surface area contributed by atoms with E-state index < -0.39 is 11.5 Å². The smallest absolute Gasteiger partial charge is 0.341 e. The van der Waals surface area contributed by atoms with E-state index in [0.717, 1.165) is 16.5 Å². The summed E-state index contributed by atoms with van der Waals surface area (Å²) in [6, 6.07) is 23.0. The van der Waals surface area contributed by atoms with Crippen molar-refractivity contribution in [3.8, 4) is 5.75 Å². The molecule has 1 aliphatic heterocycles. The lowest BCUT2D eigenvalue weighted by atomic mass is 9.83. The van der Waals surface area contributed by atoms with Crippen LogP contribution in [0.5, 0.6) is 5.75 Å². The fourth-order valence-corrected chi connectivity index (χ4v) is 4.65. The average Bonchev–Trinajstić information content (AvgIpc) is 3.35. The monoisotopic (exact) mass is 440 g/mol. The highest BCUT2D eigenvalue weighted by atomic mass is 16.5. The molecule has 0 spiro atoms. The predicted molar refractivity (Wildman–Crippen MR) is 125 cm³/mol. The van der Waals surface area contributed by atoms with Crippen LogP contribution in [0.3, 0.4) is 0 Å². The molecule has 1 atom stereocenters. The third-order valence-electron chi connectivity index (χ3n) is 6.15. The first-order valence-electron chi connectivity index (χ1n) is 10.9. The Morgan fingerprint density at radius 3 is 2.52 bits per heavy atom. The van der Waals surface area contributed by atoms with Crippen LogP contribution in [0.25, 0.3) is 10.9 Å². The number of aromatic nitrogens is 1. The highest BCUT2D eigenvalue weighted by Gasteiger charge is 2.53. The van der Waals surface area contributed by atoms with E-state index in [4.69, 9.17) is 9.47 Å². The number of hydrogen-bond acceptors (Lipinski definition) is 4. The topological polar surface area (TPSA) is 69.6 Å². The quantitative estimate of drug-likeness (QED) is 0.455. The normalized spacial score (nSPS) is 17.0. The zero-order valence-electron chi connectivity index (χ0n) is 18.5. The van der Waals surface area contributed by atoms with Gasteiger partial charge in [-0.05, 0) is 36.8 Å². The molecule has 0 saturated heterocycles. The molecule has 5 rings (SSSR count). The van der Waals surface area contributed by atoms with E-state index in [1.165, 1.54) is 0 Å². The molecule has 0 radical (unpaired) electrons. The maximum Gasteiger partial charge on any atom is 0.341 e. The summed E-state index contributed by atoms with van der Waals surface area (Å²) in [5, 5.41) is 3.79. The fraction of sp³-hybridized carbons (Fsp3) is 0.185. The van der Waals surface area contributed by atoms with Crippen molar-refractivity contribution in [3.63, 3.8) is 0 Å². The van der Waals surface area contributed by atoms with Gasteiger partial charge >= 0.3 is 5.97 Å². The standard InChI is InChI=1S/C27H24N2O4/c1-3-33-26(31)27(22-12-8-7-11-20(22)25(30)28-27)23-17-29(16-18-9-5-4-6-10-18)24-14-13-19(32-2)15-21(23)24/h4-15,17H,3,16H2,1-2H3,(H,28,30). The van der Waals surface area contributed by atoms with Crippen molar-refractivity contribution in [2.45, 2.75) is 19.0 Å². The van der Waals surface area contributed by atoms with Gasteiger partial charge < -0.3 is 19.4 Å². The first-order chi connectivity index (χ1) is 16.1. The summed E-state index contributed by atoms with van der Waals surface area (Å²) in [5.74, 6) is -0.145. The number of esters is 1. The number of ether oxygens (including phenoxy) is 2. The van der Waals surface area contributed by atoms with Crippen molar-refractivity contribution in [1.29, 1.82) is 0 Å². The molecule has 1 N–H and O–H groups in total. The average molecular weight is 440 g/mol. The largest absolute Gasteiger partial charge is 0.497 e. The first-order valence-corrected chi connectivity index (χ1v) is 10.9. The van der Waals surface area contributed by atoms with Gasteiger partial charge in [0.25, 0.3) is 5.91 Å². The third kappa shape index (κ3) is 3.26. The van der Waals surface area contributed by atoms with Crippen molar-refractivity contribution in [1.82, 2.24) is 9.88 Å². The molecule has 3 aromatic carbocycles. The highest BCUT2D eigenvalue weighted by molar-refractivity contribution is 6.09. The maximum absolute atomic E-state index is 13.6. The van der Waals surface area contributed by atoms with E-state index in [-0.39, 0.29) is 12.5 Å². The lowest BCUT2D eigenvalue weighted by Gasteiger charge is -2.28. The molecule has 6 nitrogen and oxygen atoms in total. The number of methoxy groups -OCH3 is 1. The number of carbonyl (C=O) groups is 2. The Morgan fingerprint density at radius 1 is 1.00 bits per heavy atom. The van der Waals surface area contributed by atoms with Gasteiger partial charge in [-0.15, -0.1) is 0 Å². The molecule has 1 amide bonds. The van der Waals surface area contributed by atoms with Crippen LogP contribution in [0.1, 0.15) is 34.0 Å². The Balaban J connectivity index is 1.79. The van der Waals surface area contributed by atoms with E-state index in [0.29, 0.717) is 29.0 Å². The van der Waals surface area contributed by atoms with Crippen LogP contribution in [0, 0.1) is 0 Å². The summed E-state index contributed by atoms with van der Waals surface area (Å²) < 4.78 is 13.1. The number of carbonyl (C=O) groups excluding carboxylic acids is 2. The number of nitrogens with one attached hydrogen (secondary N) is 1. The Hall–Kier alpha value is -4.06. The number of amides is 1. The summed E-state index contributed by atoms with van der Waals surface area (Å²) in [6.07, 6.45) is 1.94. The number of hydrogen-bond donors (Lipinski definition) is 1. The molecule has 0 fully saturated rings. The molecule has 0 bridgehead atoms. The summed E-state index contributed by atoms with van der Waals surface area (Å²) in [5.41, 5.74) is 2.32. The summed E-state index contributed by atoms with van der Waals surface area (Å²) >= 11 is 0. The molecule has 0 saturated carbocycles. The van der Waals surface area contributed by atoms with E-state index in [2.05, 4.69) is 22.0 Å². The van der Waals surface area contributed by atoms with Crippen LogP contribution in [0.15, 0.2) is 79.0 Å². The Bertz CT molecular complexity index is 1360. The number of rotatable bonds is 6. The molecule has 1 unspecified atom stereocenters. The highest BCUT2D eigenvalue weighted by Crippen LogP contribution is 2.43. The number of fused-ring (bicyclic) bond motifs is 2. The number of benzene rings is 3. The lowest BCUT2D eigenvalue weighted by Crippen LogP contribution is -2.48. The molecule has 166 valence electrons. The van der Waals surface area contributed by atoms with Crippen LogP contribution >= 0.6 is 0 Å². The van der Waals surface area contributed by atoms with Crippen molar-refractivity contribution in [2.75, 3.05) is 13.7 Å². The van der Waals surface area contributed by atoms with Gasteiger partial charge in [0.1, 0.15) is 5.75 Å². The second kappa shape index (κ2) is 8.13. The molecule has 4 aromatic rings. The molecule has 0 aliphatic carbocycles. The van der Waals surface area contributed by atoms with Crippen LogP contribution in [0.2, 0.25) is 0 Å². The molecule has 1 aliphatic rings. The van der Waals surface area contributed by atoms with Gasteiger partial charge in [0.05, 0.1) is 13.7 Å². The zero-order valence-corrected chi connectivity index (χ0v) is 18.5. The van der Waals surface area contributed by atoms with Gasteiger partial charge in [-0.2, -0.15) is 0 Å². The maximum atomic E-state index is 13.6. The molecule has 2 heterocycles. The Labute approximate surface area is 191 Å². The zero-order chi connectivity index (χ0) is 23.0. The summed E-state index contributed by atoms with van der Waals surface area (Å²) in [4.78, 5) is 26.5. The molecule has 1 aromatic heterocycles. The van der Waals surface area contributed by atoms with Crippen molar-refractivity contribution in [2.24, 2.45) is 0 Å². The summed E-state index contributed by atoms with van der Waals surface area (Å²) in [6.45, 7) is 2.57. The number of nitrogens with zero attached hydrogens (tertiary/aromatic N) is 1. The lowest BCUT2D eigenvalue weighted by molar-refractivity contribution is -0.149. The van der Waals surface area contributed by atoms with Crippen molar-refractivity contribution < 1.29 is 19.1 Å². The molecular weight excluding hydrogens is 416 g/mol. The van der Waals surface area contributed by atoms with E-state index in [9.17, 15) is 9.59 Å². The Morgan fingerprint density at radius 2 is 1.76 bits per heavy atom. The van der Waals surface area contributed by atoms with Crippen LogP contribution in [-0.4, -0.2) is 30.2 Å². The Kier molecular flexibility index (Phi) is 5.13. The van der Waals surface area contributed by atoms with E-state index >= 15 is 0 Å². The minimum atomic E-state index is -1.45. The van der Waals surface area contributed by atoms with Crippen molar-refractivity contribution in [3.05, 3.63) is 101 Å². The van der Waals surface area contributed by atoms with Crippen LogP contribution in [0.4, 0.5) is 0 Å². The van der Waals surface area contributed by atoms with Crippen LogP contribution in [-0.2, 0) is 21.6 Å². The fourth-order valence-electron chi connectivity index (χ4n) is 4.65. The minimum Gasteiger partial charge on any atom is -0.497 e. The second-order valence-electron chi connectivity index (χ2n) is 8.01. The van der Waals surface area contributed by atoms with Gasteiger partial charge in [-0.25, -0.2) is 4.79 Å². The van der Waals surface area contributed by atoms with Gasteiger partial charge in [0.2, 0.25) is 0 Å². The van der Waals surface area contributed by atoms with Gasteiger partial charge in [0, 0.05) is 40.3 Å². The van der Waals surface area contributed by atoms with Crippen molar-refractivity contribution >= 4 is 22.8 Å². The predicted octanol–water partition coefficient (Wildman–Crippen LogP) is 4.25. The minimum absolute atomic E-state index is 0.199. The van der Waals surface area contributed by atoms with E-state index in [1.807, 2.05) is 54.7 Å². The summed E-state index contributed by atoms with van der Waals surface area (Å²) in [7, 11) is 1.61. The third-order valence-corrected chi connectivity index (χ3v) is 6.15. The molecular formula is C27H24N2O4. The van der Waals surface area contributed by atoms with Gasteiger partial charge in [-0.1, -0.05) is 48.5 Å². The van der Waals surface area contributed by atoms with Gasteiger partial charge in [-0.3, -0.25) is 4.79 Å². The second-order valence-corrected chi connectivity index (χ2v) is 8.01.